The van der Waals surface area contributed by atoms with Crippen molar-refractivity contribution in [1.82, 2.24) is 4.68 Å². The minimum absolute atomic E-state index is 0.0862. The van der Waals surface area contributed by atoms with Gasteiger partial charge in [-0.15, -0.1) is 0 Å². The second-order valence-electron chi connectivity index (χ2n) is 4.62. The lowest BCUT2D eigenvalue weighted by Gasteiger charge is -2.08. The van der Waals surface area contributed by atoms with Gasteiger partial charge in [-0.1, -0.05) is 12.1 Å². The Labute approximate surface area is 120 Å². The SMILES string of the molecule is Cc1cc(C)n(/N=C/c2ccc(F)cc2)c(=O)c1C(N)=O. The topological polar surface area (TPSA) is 77.4 Å². The van der Waals surface area contributed by atoms with Crippen LogP contribution in [0.25, 0.3) is 0 Å². The molecule has 1 aromatic heterocycles. The summed E-state index contributed by atoms with van der Waals surface area (Å²) in [5.41, 5.74) is 6.27. The number of pyridine rings is 1. The molecule has 1 amide bonds. The summed E-state index contributed by atoms with van der Waals surface area (Å²) in [5, 5.41) is 4.04. The third kappa shape index (κ3) is 3.05. The van der Waals surface area contributed by atoms with Crippen molar-refractivity contribution >= 4 is 12.1 Å². The maximum absolute atomic E-state index is 12.8. The third-order valence-electron chi connectivity index (χ3n) is 3.00. The fourth-order valence-electron chi connectivity index (χ4n) is 2.00. The first-order valence-electron chi connectivity index (χ1n) is 6.23. The van der Waals surface area contributed by atoms with Crippen LogP contribution in [-0.2, 0) is 0 Å². The summed E-state index contributed by atoms with van der Waals surface area (Å²) in [5.74, 6) is -1.14. The zero-order valence-electron chi connectivity index (χ0n) is 11.6. The second-order valence-corrected chi connectivity index (χ2v) is 4.62. The van der Waals surface area contributed by atoms with Crippen molar-refractivity contribution < 1.29 is 9.18 Å². The molecule has 2 aromatic rings. The van der Waals surface area contributed by atoms with E-state index in [9.17, 15) is 14.0 Å². The fourth-order valence-corrected chi connectivity index (χ4v) is 2.00. The highest BCUT2D eigenvalue weighted by Gasteiger charge is 2.14. The van der Waals surface area contributed by atoms with E-state index in [-0.39, 0.29) is 11.4 Å². The van der Waals surface area contributed by atoms with Crippen molar-refractivity contribution in [3.8, 4) is 0 Å². The van der Waals surface area contributed by atoms with Gasteiger partial charge in [-0.05, 0) is 43.2 Å². The third-order valence-corrected chi connectivity index (χ3v) is 3.00. The van der Waals surface area contributed by atoms with E-state index in [4.69, 9.17) is 5.73 Å². The van der Waals surface area contributed by atoms with Gasteiger partial charge in [0.05, 0.1) is 6.21 Å². The van der Waals surface area contributed by atoms with Crippen LogP contribution in [0.4, 0.5) is 4.39 Å². The van der Waals surface area contributed by atoms with Crippen LogP contribution < -0.4 is 11.3 Å². The molecule has 2 rings (SSSR count). The smallest absolute Gasteiger partial charge is 0.284 e. The first-order chi connectivity index (χ1) is 9.90. The predicted octanol–water partition coefficient (Wildman–Crippen LogP) is 1.59. The number of carbonyl (C=O) groups excluding carboxylic acids is 1. The zero-order chi connectivity index (χ0) is 15.6. The van der Waals surface area contributed by atoms with Crippen molar-refractivity contribution in [2.45, 2.75) is 13.8 Å². The second kappa shape index (κ2) is 5.70. The van der Waals surface area contributed by atoms with E-state index in [1.165, 1.54) is 30.5 Å². The van der Waals surface area contributed by atoms with Gasteiger partial charge in [0.15, 0.2) is 0 Å². The van der Waals surface area contributed by atoms with Crippen LogP contribution in [0.1, 0.15) is 27.2 Å². The van der Waals surface area contributed by atoms with E-state index in [1.807, 2.05) is 0 Å². The Bertz CT molecular complexity index is 777. The highest BCUT2D eigenvalue weighted by Crippen LogP contribution is 2.06. The van der Waals surface area contributed by atoms with Gasteiger partial charge >= 0.3 is 0 Å². The first kappa shape index (κ1) is 14.6. The van der Waals surface area contributed by atoms with Crippen LogP contribution in [0.2, 0.25) is 0 Å². The van der Waals surface area contributed by atoms with Crippen LogP contribution in [0.5, 0.6) is 0 Å². The lowest BCUT2D eigenvalue weighted by atomic mass is 10.1. The number of rotatable bonds is 3. The number of carbonyl (C=O) groups is 1. The number of nitrogens with two attached hydrogens (primary N) is 1. The minimum atomic E-state index is -0.789. The quantitative estimate of drug-likeness (QED) is 0.870. The van der Waals surface area contributed by atoms with Gasteiger partial charge in [-0.2, -0.15) is 5.10 Å². The summed E-state index contributed by atoms with van der Waals surface area (Å²) in [6, 6.07) is 7.30. The predicted molar refractivity (Wildman–Crippen MR) is 78.1 cm³/mol. The van der Waals surface area contributed by atoms with E-state index in [1.54, 1.807) is 19.9 Å². The lowest BCUT2D eigenvalue weighted by Crippen LogP contribution is -2.30. The number of aryl methyl sites for hydroxylation is 2. The summed E-state index contributed by atoms with van der Waals surface area (Å²) < 4.78 is 13.9. The average Bonchev–Trinajstić information content (AvgIpc) is 2.39. The van der Waals surface area contributed by atoms with E-state index in [2.05, 4.69) is 5.10 Å². The number of amides is 1. The monoisotopic (exact) mass is 287 g/mol. The molecule has 6 heteroatoms. The molecule has 0 aliphatic heterocycles. The Hall–Kier alpha value is -2.76. The molecule has 5 nitrogen and oxygen atoms in total. The van der Waals surface area contributed by atoms with E-state index in [0.29, 0.717) is 16.8 Å². The van der Waals surface area contributed by atoms with Crippen molar-refractivity contribution in [3.05, 3.63) is 68.9 Å². The molecule has 21 heavy (non-hydrogen) atoms. The largest absolute Gasteiger partial charge is 0.365 e. The molecule has 108 valence electrons. The Kier molecular flexibility index (Phi) is 3.98. The summed E-state index contributed by atoms with van der Waals surface area (Å²) in [6.45, 7) is 3.34. The minimum Gasteiger partial charge on any atom is -0.365 e. The average molecular weight is 287 g/mol. The van der Waals surface area contributed by atoms with Gasteiger partial charge in [0, 0.05) is 5.69 Å². The number of aromatic nitrogens is 1. The lowest BCUT2D eigenvalue weighted by molar-refractivity contribution is 0.0997. The van der Waals surface area contributed by atoms with Crippen LogP contribution in [-0.4, -0.2) is 16.8 Å². The normalized spacial score (nSPS) is 11.0. The molecular weight excluding hydrogens is 273 g/mol. The summed E-state index contributed by atoms with van der Waals surface area (Å²) >= 11 is 0. The molecule has 0 unspecified atom stereocenters. The van der Waals surface area contributed by atoms with E-state index in [0.717, 1.165) is 4.68 Å². The van der Waals surface area contributed by atoms with Gasteiger partial charge in [-0.25, -0.2) is 9.07 Å². The van der Waals surface area contributed by atoms with Gasteiger partial charge < -0.3 is 5.73 Å². The number of benzene rings is 1. The molecule has 0 radical (unpaired) electrons. The number of nitrogens with zero attached hydrogens (tertiary/aromatic N) is 2. The maximum Gasteiger partial charge on any atom is 0.284 e. The van der Waals surface area contributed by atoms with Crippen LogP contribution in [0.3, 0.4) is 0 Å². The Morgan fingerprint density at radius 3 is 2.48 bits per heavy atom. The molecular formula is C15H14FN3O2. The number of hydrogen-bond acceptors (Lipinski definition) is 3. The maximum atomic E-state index is 12.8. The summed E-state index contributed by atoms with van der Waals surface area (Å²) in [4.78, 5) is 23.5. The number of halogens is 1. The standard InChI is InChI=1S/C15H14FN3O2/c1-9-7-10(2)19(15(21)13(9)14(17)20)18-8-11-3-5-12(16)6-4-11/h3-8H,1-2H3,(H2,17,20)/b18-8+. The molecule has 1 heterocycles. The zero-order valence-corrected chi connectivity index (χ0v) is 11.6. The van der Waals surface area contributed by atoms with Crippen molar-refractivity contribution in [3.63, 3.8) is 0 Å². The highest BCUT2D eigenvalue weighted by molar-refractivity contribution is 5.93. The Balaban J connectivity index is 2.49. The van der Waals surface area contributed by atoms with Crippen molar-refractivity contribution in [2.24, 2.45) is 10.8 Å². The van der Waals surface area contributed by atoms with Crippen LogP contribution >= 0.6 is 0 Å². The molecule has 0 aliphatic rings. The summed E-state index contributed by atoms with van der Waals surface area (Å²) in [7, 11) is 0. The number of hydrogen-bond donors (Lipinski definition) is 1. The Morgan fingerprint density at radius 1 is 1.29 bits per heavy atom. The summed E-state index contributed by atoms with van der Waals surface area (Å²) in [6.07, 6.45) is 1.41. The Morgan fingerprint density at radius 2 is 1.90 bits per heavy atom. The molecule has 0 aliphatic carbocycles. The molecule has 0 saturated carbocycles. The molecule has 0 spiro atoms. The van der Waals surface area contributed by atoms with E-state index < -0.39 is 11.5 Å². The molecule has 2 N–H and O–H groups in total. The van der Waals surface area contributed by atoms with Gasteiger partial charge in [-0.3, -0.25) is 9.59 Å². The van der Waals surface area contributed by atoms with Gasteiger partial charge in [0.2, 0.25) is 0 Å². The van der Waals surface area contributed by atoms with Crippen LogP contribution in [0, 0.1) is 19.7 Å². The molecule has 0 atom stereocenters. The van der Waals surface area contributed by atoms with E-state index >= 15 is 0 Å². The van der Waals surface area contributed by atoms with Gasteiger partial charge in [0.1, 0.15) is 11.4 Å². The van der Waals surface area contributed by atoms with Gasteiger partial charge in [0.25, 0.3) is 11.5 Å². The molecule has 0 fully saturated rings. The van der Waals surface area contributed by atoms with Crippen molar-refractivity contribution in [2.75, 3.05) is 0 Å². The fraction of sp³-hybridized carbons (Fsp3) is 0.133. The highest BCUT2D eigenvalue weighted by atomic mass is 19.1. The first-order valence-corrected chi connectivity index (χ1v) is 6.23. The molecule has 0 saturated heterocycles. The molecule has 1 aromatic carbocycles. The molecule has 0 bridgehead atoms. The van der Waals surface area contributed by atoms with Crippen LogP contribution in [0.15, 0.2) is 40.2 Å². The van der Waals surface area contributed by atoms with Crippen molar-refractivity contribution in [1.29, 1.82) is 0 Å². The number of primary amides is 1.